The van der Waals surface area contributed by atoms with Gasteiger partial charge in [0.05, 0.1) is 24.0 Å². The van der Waals surface area contributed by atoms with Crippen LogP contribution in [0, 0.1) is 0 Å². The predicted molar refractivity (Wildman–Crippen MR) is 102 cm³/mol. The van der Waals surface area contributed by atoms with Crippen LogP contribution in [0.3, 0.4) is 0 Å². The molecule has 1 N–H and O–H groups in total. The molecule has 1 aromatic carbocycles. The van der Waals surface area contributed by atoms with Crippen LogP contribution in [-0.2, 0) is 0 Å². The molecule has 0 aliphatic carbocycles. The van der Waals surface area contributed by atoms with Crippen LogP contribution < -0.4 is 10.1 Å². The second-order valence-electron chi connectivity index (χ2n) is 5.67. The molecule has 3 aromatic heterocycles. The summed E-state index contributed by atoms with van der Waals surface area (Å²) in [4.78, 5) is 4.78. The fraction of sp³-hybridized carbons (Fsp3) is 0.176. The van der Waals surface area contributed by atoms with Gasteiger partial charge in [0, 0.05) is 12.1 Å². The van der Waals surface area contributed by atoms with Gasteiger partial charge < -0.3 is 10.1 Å². The van der Waals surface area contributed by atoms with Crippen molar-refractivity contribution < 1.29 is 4.74 Å². The summed E-state index contributed by atoms with van der Waals surface area (Å²) in [5.74, 6) is 1.64. The van der Waals surface area contributed by atoms with Crippen molar-refractivity contribution in [1.29, 1.82) is 0 Å². The lowest BCUT2D eigenvalue weighted by Gasteiger charge is -2.09. The smallest absolute Gasteiger partial charge is 0.236 e. The van der Waals surface area contributed by atoms with E-state index in [0.717, 1.165) is 27.8 Å². The standard InChI is InChI=1S/C17H15ClN6OS/c1-10(11-3-5-14(25-2)6-4-11)15-21-22-17-24(15)23-16(26-17)20-13-7-12(18)8-19-9-13/h3-10H,1-2H3,(H,20,23)/t10-/m0/s1. The van der Waals surface area contributed by atoms with Gasteiger partial charge in [-0.3, -0.25) is 4.98 Å². The summed E-state index contributed by atoms with van der Waals surface area (Å²) >= 11 is 7.38. The number of anilines is 2. The fourth-order valence-corrected chi connectivity index (χ4v) is 3.54. The summed E-state index contributed by atoms with van der Waals surface area (Å²) in [5.41, 5.74) is 1.88. The van der Waals surface area contributed by atoms with E-state index in [2.05, 4.69) is 32.5 Å². The van der Waals surface area contributed by atoms with E-state index in [0.29, 0.717) is 10.2 Å². The zero-order chi connectivity index (χ0) is 18.1. The number of fused-ring (bicyclic) bond motifs is 1. The maximum absolute atomic E-state index is 5.97. The van der Waals surface area contributed by atoms with Gasteiger partial charge in [0.1, 0.15) is 5.75 Å². The molecule has 0 bridgehead atoms. The third-order valence-corrected chi connectivity index (χ3v) is 5.00. The van der Waals surface area contributed by atoms with Gasteiger partial charge in [-0.15, -0.1) is 15.3 Å². The van der Waals surface area contributed by atoms with Crippen LogP contribution in [0.15, 0.2) is 42.7 Å². The highest BCUT2D eigenvalue weighted by Gasteiger charge is 2.19. The third-order valence-electron chi connectivity index (χ3n) is 3.97. The lowest BCUT2D eigenvalue weighted by Crippen LogP contribution is -2.04. The molecule has 1 atom stereocenters. The Kier molecular flexibility index (Phi) is 4.44. The van der Waals surface area contributed by atoms with Crippen LogP contribution in [0.25, 0.3) is 4.96 Å². The molecule has 0 saturated heterocycles. The maximum atomic E-state index is 5.97. The lowest BCUT2D eigenvalue weighted by molar-refractivity contribution is 0.414. The Labute approximate surface area is 158 Å². The maximum Gasteiger partial charge on any atom is 0.236 e. The Morgan fingerprint density at radius 1 is 1.19 bits per heavy atom. The minimum Gasteiger partial charge on any atom is -0.497 e. The number of ether oxygens (including phenoxy) is 1. The van der Waals surface area contributed by atoms with Crippen molar-refractivity contribution in [3.8, 4) is 5.75 Å². The molecule has 4 rings (SSSR count). The molecule has 9 heteroatoms. The Morgan fingerprint density at radius 3 is 2.73 bits per heavy atom. The van der Waals surface area contributed by atoms with E-state index in [4.69, 9.17) is 16.3 Å². The number of nitrogens with one attached hydrogen (secondary N) is 1. The van der Waals surface area contributed by atoms with Crippen LogP contribution in [0.4, 0.5) is 10.8 Å². The first-order valence-corrected chi connectivity index (χ1v) is 9.07. The minimum atomic E-state index is 0.0405. The lowest BCUT2D eigenvalue weighted by atomic mass is 10.0. The highest BCUT2D eigenvalue weighted by atomic mass is 35.5. The van der Waals surface area contributed by atoms with E-state index in [1.165, 1.54) is 11.3 Å². The minimum absolute atomic E-state index is 0.0405. The first-order valence-electron chi connectivity index (χ1n) is 7.87. The highest BCUT2D eigenvalue weighted by molar-refractivity contribution is 7.20. The number of hydrogen-bond acceptors (Lipinski definition) is 7. The number of hydrogen-bond donors (Lipinski definition) is 1. The van der Waals surface area contributed by atoms with Crippen molar-refractivity contribution >= 4 is 38.7 Å². The molecular weight excluding hydrogens is 372 g/mol. The summed E-state index contributed by atoms with van der Waals surface area (Å²) in [6.07, 6.45) is 3.27. The molecule has 0 spiro atoms. The monoisotopic (exact) mass is 386 g/mol. The number of pyridine rings is 1. The van der Waals surface area contributed by atoms with Crippen molar-refractivity contribution in [3.05, 3.63) is 59.1 Å². The molecule has 0 radical (unpaired) electrons. The van der Waals surface area contributed by atoms with Gasteiger partial charge in [0.25, 0.3) is 0 Å². The largest absolute Gasteiger partial charge is 0.497 e. The molecule has 0 saturated carbocycles. The van der Waals surface area contributed by atoms with Crippen LogP contribution in [0.1, 0.15) is 24.2 Å². The average molecular weight is 387 g/mol. The van der Waals surface area contributed by atoms with Gasteiger partial charge in [0.15, 0.2) is 5.82 Å². The zero-order valence-electron chi connectivity index (χ0n) is 14.0. The van der Waals surface area contributed by atoms with Crippen molar-refractivity contribution in [2.24, 2.45) is 0 Å². The average Bonchev–Trinajstić information content (AvgIpc) is 3.21. The Bertz CT molecular complexity index is 1050. The highest BCUT2D eigenvalue weighted by Crippen LogP contribution is 2.28. The Hall–Kier alpha value is -2.71. The van der Waals surface area contributed by atoms with Gasteiger partial charge in [0.2, 0.25) is 10.1 Å². The van der Waals surface area contributed by atoms with Crippen LogP contribution in [0.2, 0.25) is 5.02 Å². The molecule has 4 aromatic rings. The second-order valence-corrected chi connectivity index (χ2v) is 7.06. The van der Waals surface area contributed by atoms with Gasteiger partial charge in [-0.05, 0) is 23.8 Å². The van der Waals surface area contributed by atoms with Crippen LogP contribution in [0.5, 0.6) is 5.75 Å². The van der Waals surface area contributed by atoms with Gasteiger partial charge >= 0.3 is 0 Å². The molecule has 7 nitrogen and oxygen atoms in total. The zero-order valence-corrected chi connectivity index (χ0v) is 15.6. The Balaban J connectivity index is 1.62. The van der Waals surface area contributed by atoms with Crippen molar-refractivity contribution in [2.45, 2.75) is 12.8 Å². The summed E-state index contributed by atoms with van der Waals surface area (Å²) in [6, 6.07) is 9.70. The van der Waals surface area contributed by atoms with Crippen LogP contribution >= 0.6 is 22.9 Å². The molecule has 26 heavy (non-hydrogen) atoms. The van der Waals surface area contributed by atoms with Crippen molar-refractivity contribution in [3.63, 3.8) is 0 Å². The number of aromatic nitrogens is 5. The first-order chi connectivity index (χ1) is 12.6. The third kappa shape index (κ3) is 3.21. The molecule has 0 unspecified atom stereocenters. The number of methoxy groups -OCH3 is 1. The Morgan fingerprint density at radius 2 is 2.00 bits per heavy atom. The van der Waals surface area contributed by atoms with E-state index in [-0.39, 0.29) is 5.92 Å². The van der Waals surface area contributed by atoms with E-state index >= 15 is 0 Å². The van der Waals surface area contributed by atoms with E-state index in [1.54, 1.807) is 30.1 Å². The molecule has 0 fully saturated rings. The molecular formula is C17H15ClN6OS. The molecule has 132 valence electrons. The number of halogens is 1. The second kappa shape index (κ2) is 6.89. The molecule has 0 aliphatic heterocycles. The quantitative estimate of drug-likeness (QED) is 0.555. The molecule has 0 amide bonds. The summed E-state index contributed by atoms with van der Waals surface area (Å²) in [5, 5.41) is 17.6. The van der Waals surface area contributed by atoms with E-state index < -0.39 is 0 Å². The number of nitrogens with zero attached hydrogens (tertiary/aromatic N) is 5. The number of benzene rings is 1. The summed E-state index contributed by atoms with van der Waals surface area (Å²) in [7, 11) is 1.65. The van der Waals surface area contributed by atoms with Crippen molar-refractivity contribution in [1.82, 2.24) is 24.8 Å². The van der Waals surface area contributed by atoms with Gasteiger partial charge in [-0.2, -0.15) is 4.52 Å². The normalized spacial score (nSPS) is 12.3. The number of rotatable bonds is 5. The summed E-state index contributed by atoms with van der Waals surface area (Å²) in [6.45, 7) is 2.08. The summed E-state index contributed by atoms with van der Waals surface area (Å²) < 4.78 is 6.98. The SMILES string of the molecule is COc1ccc([C@H](C)c2nnc3sc(Nc4cncc(Cl)c4)nn23)cc1. The van der Waals surface area contributed by atoms with Crippen LogP contribution in [-0.4, -0.2) is 31.9 Å². The molecule has 0 aliphatic rings. The van der Waals surface area contributed by atoms with Gasteiger partial charge in [-0.1, -0.05) is 42.0 Å². The van der Waals surface area contributed by atoms with Crippen molar-refractivity contribution in [2.75, 3.05) is 12.4 Å². The van der Waals surface area contributed by atoms with Gasteiger partial charge in [-0.25, -0.2) is 0 Å². The fourth-order valence-electron chi connectivity index (χ4n) is 2.60. The predicted octanol–water partition coefficient (Wildman–Crippen LogP) is 4.14. The molecule has 3 heterocycles. The topological polar surface area (TPSA) is 77.2 Å². The van der Waals surface area contributed by atoms with E-state index in [1.807, 2.05) is 24.3 Å². The first kappa shape index (κ1) is 16.7. The van der Waals surface area contributed by atoms with E-state index in [9.17, 15) is 0 Å².